The van der Waals surface area contributed by atoms with Gasteiger partial charge < -0.3 is 9.84 Å². The van der Waals surface area contributed by atoms with Crippen molar-refractivity contribution < 1.29 is 9.45 Å². The number of nitrogens with zero attached hydrogens (tertiary/aromatic N) is 3. The smallest absolute Gasteiger partial charge is 0.292 e. The summed E-state index contributed by atoms with van der Waals surface area (Å²) in [6.45, 7) is 0.445. The molecule has 0 fully saturated rings. The SMILES string of the molecule is O=[N+]([O-])c1ccc(Cl)cc1NCCc1ncon1. The zero-order valence-electron chi connectivity index (χ0n) is 9.17. The average Bonchev–Trinajstić information content (AvgIpc) is 2.82. The van der Waals surface area contributed by atoms with Crippen molar-refractivity contribution >= 4 is 23.0 Å². The number of hydrogen-bond acceptors (Lipinski definition) is 6. The van der Waals surface area contributed by atoms with Gasteiger partial charge >= 0.3 is 0 Å². The maximum atomic E-state index is 10.8. The standard InChI is InChI=1S/C10H9ClN4O3/c11-7-1-2-9(15(16)17)8(5-7)12-4-3-10-13-6-18-14-10/h1-2,5-6,12H,3-4H2. The Bertz CT molecular complexity index is 544. The van der Waals surface area contributed by atoms with Crippen LogP contribution in [0.15, 0.2) is 29.1 Å². The lowest BCUT2D eigenvalue weighted by Crippen LogP contribution is -2.07. The maximum Gasteiger partial charge on any atom is 0.292 e. The molecule has 0 saturated carbocycles. The fourth-order valence-electron chi connectivity index (χ4n) is 1.42. The van der Waals surface area contributed by atoms with Crippen LogP contribution in [-0.4, -0.2) is 21.6 Å². The van der Waals surface area contributed by atoms with E-state index >= 15 is 0 Å². The fourth-order valence-corrected chi connectivity index (χ4v) is 1.59. The summed E-state index contributed by atoms with van der Waals surface area (Å²) in [6.07, 6.45) is 1.73. The summed E-state index contributed by atoms with van der Waals surface area (Å²) < 4.78 is 4.58. The molecule has 0 saturated heterocycles. The van der Waals surface area contributed by atoms with Crippen LogP contribution in [-0.2, 0) is 6.42 Å². The molecule has 0 spiro atoms. The predicted octanol–water partition coefficient (Wildman–Crippen LogP) is 2.29. The van der Waals surface area contributed by atoms with Crippen LogP contribution >= 0.6 is 11.6 Å². The summed E-state index contributed by atoms with van der Waals surface area (Å²) in [5.74, 6) is 0.534. The Morgan fingerprint density at radius 2 is 2.33 bits per heavy atom. The van der Waals surface area contributed by atoms with E-state index < -0.39 is 4.92 Å². The van der Waals surface area contributed by atoms with Crippen molar-refractivity contribution in [1.82, 2.24) is 10.1 Å². The number of nitro benzene ring substituents is 1. The van der Waals surface area contributed by atoms with Gasteiger partial charge in [0.05, 0.1) is 4.92 Å². The number of hydrogen-bond donors (Lipinski definition) is 1. The highest BCUT2D eigenvalue weighted by Gasteiger charge is 2.13. The molecule has 0 aliphatic carbocycles. The van der Waals surface area contributed by atoms with E-state index in [0.29, 0.717) is 29.5 Å². The van der Waals surface area contributed by atoms with Crippen molar-refractivity contribution in [2.75, 3.05) is 11.9 Å². The highest BCUT2D eigenvalue weighted by molar-refractivity contribution is 6.31. The van der Waals surface area contributed by atoms with Crippen LogP contribution in [0.2, 0.25) is 5.02 Å². The largest absolute Gasteiger partial charge is 0.379 e. The number of aromatic nitrogens is 2. The molecule has 0 aliphatic heterocycles. The van der Waals surface area contributed by atoms with E-state index in [1.54, 1.807) is 0 Å². The van der Waals surface area contributed by atoms with Crippen molar-refractivity contribution in [3.63, 3.8) is 0 Å². The third kappa shape index (κ3) is 2.95. The third-order valence-electron chi connectivity index (χ3n) is 2.23. The Morgan fingerprint density at radius 1 is 1.50 bits per heavy atom. The van der Waals surface area contributed by atoms with Crippen molar-refractivity contribution in [1.29, 1.82) is 0 Å². The highest BCUT2D eigenvalue weighted by Crippen LogP contribution is 2.27. The first-order valence-corrected chi connectivity index (χ1v) is 5.47. The number of nitrogens with one attached hydrogen (secondary N) is 1. The van der Waals surface area contributed by atoms with Gasteiger partial charge in [-0.2, -0.15) is 4.98 Å². The minimum absolute atomic E-state index is 0.0208. The van der Waals surface area contributed by atoms with Gasteiger partial charge in [0, 0.05) is 24.1 Å². The summed E-state index contributed by atoms with van der Waals surface area (Å²) in [7, 11) is 0. The number of rotatable bonds is 5. The molecule has 1 aromatic heterocycles. The van der Waals surface area contributed by atoms with E-state index in [-0.39, 0.29) is 5.69 Å². The van der Waals surface area contributed by atoms with E-state index in [4.69, 9.17) is 11.6 Å². The predicted molar refractivity (Wildman–Crippen MR) is 64.6 cm³/mol. The van der Waals surface area contributed by atoms with E-state index in [0.717, 1.165) is 0 Å². The molecule has 1 heterocycles. The van der Waals surface area contributed by atoms with Crippen molar-refractivity contribution in [3.05, 3.63) is 45.6 Å². The monoisotopic (exact) mass is 268 g/mol. The molecule has 2 rings (SSSR count). The molecule has 0 unspecified atom stereocenters. The van der Waals surface area contributed by atoms with Crippen LogP contribution in [0, 0.1) is 10.1 Å². The van der Waals surface area contributed by atoms with Gasteiger partial charge in [-0.1, -0.05) is 16.8 Å². The molecule has 2 aromatic rings. The molecular weight excluding hydrogens is 260 g/mol. The summed E-state index contributed by atoms with van der Waals surface area (Å²) in [5.41, 5.74) is 0.350. The van der Waals surface area contributed by atoms with Gasteiger partial charge in [0.15, 0.2) is 5.82 Å². The molecule has 7 nitrogen and oxygen atoms in total. The van der Waals surface area contributed by atoms with Crippen LogP contribution < -0.4 is 5.32 Å². The van der Waals surface area contributed by atoms with E-state index in [1.807, 2.05) is 0 Å². The maximum absolute atomic E-state index is 10.8. The summed E-state index contributed by atoms with van der Waals surface area (Å²) >= 11 is 5.80. The first-order chi connectivity index (χ1) is 8.66. The molecule has 1 N–H and O–H groups in total. The van der Waals surface area contributed by atoms with E-state index in [1.165, 1.54) is 24.6 Å². The van der Waals surface area contributed by atoms with Crippen molar-refractivity contribution in [2.45, 2.75) is 6.42 Å². The summed E-state index contributed by atoms with van der Waals surface area (Å²) in [5, 5.41) is 17.8. The molecule has 0 amide bonds. The highest BCUT2D eigenvalue weighted by atomic mass is 35.5. The second-order valence-electron chi connectivity index (χ2n) is 3.44. The minimum atomic E-state index is -0.465. The molecule has 0 atom stereocenters. The second kappa shape index (κ2) is 5.46. The van der Waals surface area contributed by atoms with Gasteiger partial charge in [0.25, 0.3) is 5.69 Å². The number of benzene rings is 1. The van der Waals surface area contributed by atoms with Crippen LogP contribution in [0.3, 0.4) is 0 Å². The van der Waals surface area contributed by atoms with Gasteiger partial charge in [-0.15, -0.1) is 0 Å². The lowest BCUT2D eigenvalue weighted by atomic mass is 10.2. The Balaban J connectivity index is 2.03. The van der Waals surface area contributed by atoms with Crippen LogP contribution in [0.25, 0.3) is 0 Å². The van der Waals surface area contributed by atoms with Gasteiger partial charge in [-0.25, -0.2) is 0 Å². The van der Waals surface area contributed by atoms with E-state index in [9.17, 15) is 10.1 Å². The molecule has 18 heavy (non-hydrogen) atoms. The van der Waals surface area contributed by atoms with Crippen LogP contribution in [0.4, 0.5) is 11.4 Å². The topological polar surface area (TPSA) is 94.1 Å². The molecule has 0 radical (unpaired) electrons. The first kappa shape index (κ1) is 12.3. The fraction of sp³-hybridized carbons (Fsp3) is 0.200. The molecular formula is C10H9ClN4O3. The number of halogens is 1. The molecule has 8 heteroatoms. The second-order valence-corrected chi connectivity index (χ2v) is 3.88. The van der Waals surface area contributed by atoms with Gasteiger partial charge in [-0.05, 0) is 12.1 Å². The normalized spacial score (nSPS) is 10.3. The molecule has 1 aromatic carbocycles. The van der Waals surface area contributed by atoms with Crippen molar-refractivity contribution in [3.8, 4) is 0 Å². The van der Waals surface area contributed by atoms with Gasteiger partial charge in [-0.3, -0.25) is 10.1 Å². The quantitative estimate of drug-likeness (QED) is 0.660. The molecule has 0 bridgehead atoms. The summed E-state index contributed by atoms with van der Waals surface area (Å²) in [6, 6.07) is 4.35. The average molecular weight is 269 g/mol. The van der Waals surface area contributed by atoms with Crippen LogP contribution in [0.5, 0.6) is 0 Å². The molecule has 94 valence electrons. The Hall–Kier alpha value is -2.15. The first-order valence-electron chi connectivity index (χ1n) is 5.10. The van der Waals surface area contributed by atoms with Gasteiger partial charge in [0.2, 0.25) is 6.39 Å². The zero-order valence-corrected chi connectivity index (χ0v) is 9.92. The Kier molecular flexibility index (Phi) is 3.73. The number of nitro groups is 1. The van der Waals surface area contributed by atoms with Gasteiger partial charge in [0.1, 0.15) is 5.69 Å². The third-order valence-corrected chi connectivity index (χ3v) is 2.46. The Labute approximate surface area is 107 Å². The van der Waals surface area contributed by atoms with Crippen LogP contribution in [0.1, 0.15) is 5.82 Å². The lowest BCUT2D eigenvalue weighted by Gasteiger charge is -2.05. The van der Waals surface area contributed by atoms with E-state index in [2.05, 4.69) is 20.0 Å². The minimum Gasteiger partial charge on any atom is -0.379 e. The number of anilines is 1. The Morgan fingerprint density at radius 3 is 3.00 bits per heavy atom. The molecule has 0 aliphatic rings. The zero-order chi connectivity index (χ0) is 13.0. The lowest BCUT2D eigenvalue weighted by molar-refractivity contribution is -0.384. The van der Waals surface area contributed by atoms with Crippen molar-refractivity contribution in [2.24, 2.45) is 0 Å². The summed E-state index contributed by atoms with van der Waals surface area (Å²) in [4.78, 5) is 14.2.